The van der Waals surface area contributed by atoms with Gasteiger partial charge in [0.25, 0.3) is 5.56 Å². The molecule has 0 aliphatic carbocycles. The van der Waals surface area contributed by atoms with Gasteiger partial charge in [0.1, 0.15) is 16.5 Å². The molecule has 0 aliphatic heterocycles. The maximum absolute atomic E-state index is 11.1. The number of aromatic amines is 1. The van der Waals surface area contributed by atoms with Crippen LogP contribution in [0.1, 0.15) is 5.76 Å². The number of rotatable bonds is 3. The molecule has 0 saturated carbocycles. The first kappa shape index (κ1) is 10.4. The van der Waals surface area contributed by atoms with Gasteiger partial charge in [-0.05, 0) is 12.1 Å². The highest BCUT2D eigenvalue weighted by atomic mass is 35.5. The van der Waals surface area contributed by atoms with Crippen LogP contribution >= 0.6 is 11.6 Å². The van der Waals surface area contributed by atoms with Crippen molar-refractivity contribution in [3.8, 4) is 0 Å². The van der Waals surface area contributed by atoms with E-state index in [9.17, 15) is 4.79 Å². The van der Waals surface area contributed by atoms with E-state index in [0.29, 0.717) is 11.4 Å². The lowest BCUT2D eigenvalue weighted by atomic mass is 10.5. The van der Waals surface area contributed by atoms with Gasteiger partial charge in [-0.15, -0.1) is 0 Å². The van der Waals surface area contributed by atoms with Crippen LogP contribution in [0.5, 0.6) is 0 Å². The maximum Gasteiger partial charge on any atom is 0.285 e. The largest absolute Gasteiger partial charge is 0.463 e. The Labute approximate surface area is 94.9 Å². The molecule has 0 saturated heterocycles. The molecule has 82 valence electrons. The van der Waals surface area contributed by atoms with Gasteiger partial charge >= 0.3 is 0 Å². The second-order valence-corrected chi connectivity index (χ2v) is 3.19. The Morgan fingerprint density at radius 1 is 1.62 bits per heavy atom. The molecule has 2 aromatic heterocycles. The zero-order valence-electron chi connectivity index (χ0n) is 7.98. The highest BCUT2D eigenvalue weighted by Gasteiger charge is 2.02. The normalized spacial score (nSPS) is 10.8. The van der Waals surface area contributed by atoms with Crippen molar-refractivity contribution in [1.29, 1.82) is 0 Å². The Kier molecular flexibility index (Phi) is 3.02. The molecule has 0 aliphatic rings. The van der Waals surface area contributed by atoms with Gasteiger partial charge in [-0.25, -0.2) is 5.10 Å². The highest BCUT2D eigenvalue weighted by molar-refractivity contribution is 6.32. The number of furan rings is 1. The predicted molar refractivity (Wildman–Crippen MR) is 59.8 cm³/mol. The smallest absolute Gasteiger partial charge is 0.285 e. The Balaban J connectivity index is 2.11. The summed E-state index contributed by atoms with van der Waals surface area (Å²) in [6, 6.07) is 3.48. The predicted octanol–water partition coefficient (Wildman–Crippen LogP) is 1.46. The third-order valence-electron chi connectivity index (χ3n) is 1.72. The summed E-state index contributed by atoms with van der Waals surface area (Å²) < 4.78 is 5.02. The fourth-order valence-electron chi connectivity index (χ4n) is 0.992. The minimum absolute atomic E-state index is 0.00611. The first-order valence-corrected chi connectivity index (χ1v) is 4.71. The van der Waals surface area contributed by atoms with E-state index in [1.165, 1.54) is 18.7 Å². The summed E-state index contributed by atoms with van der Waals surface area (Å²) in [6.45, 7) is 0. The molecule has 0 amide bonds. The number of hydrazone groups is 1. The van der Waals surface area contributed by atoms with Crippen LogP contribution in [0, 0.1) is 0 Å². The van der Waals surface area contributed by atoms with E-state index in [2.05, 4.69) is 20.7 Å². The monoisotopic (exact) mass is 238 g/mol. The van der Waals surface area contributed by atoms with E-state index >= 15 is 0 Å². The molecule has 0 radical (unpaired) electrons. The number of anilines is 1. The van der Waals surface area contributed by atoms with Crippen molar-refractivity contribution >= 4 is 23.5 Å². The van der Waals surface area contributed by atoms with Crippen LogP contribution in [0.3, 0.4) is 0 Å². The summed E-state index contributed by atoms with van der Waals surface area (Å²) in [4.78, 5) is 11.1. The first-order valence-electron chi connectivity index (χ1n) is 4.33. The Morgan fingerprint density at radius 3 is 3.25 bits per heavy atom. The van der Waals surface area contributed by atoms with Crippen LogP contribution in [0.2, 0.25) is 5.02 Å². The van der Waals surface area contributed by atoms with Crippen LogP contribution in [0.4, 0.5) is 5.69 Å². The second kappa shape index (κ2) is 4.63. The van der Waals surface area contributed by atoms with Crippen molar-refractivity contribution in [2.45, 2.75) is 0 Å². The quantitative estimate of drug-likeness (QED) is 0.626. The van der Waals surface area contributed by atoms with Crippen LogP contribution in [-0.4, -0.2) is 16.4 Å². The molecular weight excluding hydrogens is 232 g/mol. The average Bonchev–Trinajstić information content (AvgIpc) is 2.77. The number of hydrogen-bond acceptors (Lipinski definition) is 5. The van der Waals surface area contributed by atoms with E-state index in [0.717, 1.165) is 0 Å². The summed E-state index contributed by atoms with van der Waals surface area (Å²) in [5, 5.41) is 9.62. The van der Waals surface area contributed by atoms with Crippen LogP contribution in [0.25, 0.3) is 0 Å². The molecule has 0 unspecified atom stereocenters. The summed E-state index contributed by atoms with van der Waals surface area (Å²) >= 11 is 5.71. The van der Waals surface area contributed by atoms with Gasteiger partial charge in [-0.3, -0.25) is 10.2 Å². The van der Waals surface area contributed by atoms with Gasteiger partial charge in [0.15, 0.2) is 0 Å². The Bertz CT molecular complexity index is 547. The van der Waals surface area contributed by atoms with Crippen LogP contribution in [0.15, 0.2) is 38.9 Å². The fourth-order valence-corrected chi connectivity index (χ4v) is 1.12. The zero-order valence-corrected chi connectivity index (χ0v) is 8.73. The van der Waals surface area contributed by atoms with Gasteiger partial charge in [0, 0.05) is 0 Å². The number of nitrogens with zero attached hydrogens (tertiary/aromatic N) is 2. The lowest BCUT2D eigenvalue weighted by Gasteiger charge is -1.99. The molecule has 2 N–H and O–H groups in total. The summed E-state index contributed by atoms with van der Waals surface area (Å²) in [5.74, 6) is 0.585. The van der Waals surface area contributed by atoms with E-state index in [4.69, 9.17) is 16.0 Å². The second-order valence-electron chi connectivity index (χ2n) is 2.81. The third kappa shape index (κ3) is 2.29. The minimum atomic E-state index is -0.472. The standard InChI is InChI=1S/C9H7ClN4O2/c10-8-7(5-12-14-9(8)15)13-11-4-6-2-1-3-16-6/h1-5H,(H2,13,14,15). The molecule has 0 atom stereocenters. The SMILES string of the molecule is O=c1[nH]ncc(NN=Cc2ccco2)c1Cl. The van der Waals surface area contributed by atoms with E-state index in [1.807, 2.05) is 0 Å². The number of halogens is 1. The van der Waals surface area contributed by atoms with Crippen molar-refractivity contribution in [3.05, 3.63) is 45.7 Å². The lowest BCUT2D eigenvalue weighted by Crippen LogP contribution is -2.09. The number of nitrogens with one attached hydrogen (secondary N) is 2. The van der Waals surface area contributed by atoms with Crippen molar-refractivity contribution in [2.75, 3.05) is 5.43 Å². The Morgan fingerprint density at radius 2 is 2.50 bits per heavy atom. The Hall–Kier alpha value is -2.08. The van der Waals surface area contributed by atoms with Crippen molar-refractivity contribution < 1.29 is 4.42 Å². The molecule has 0 bridgehead atoms. The van der Waals surface area contributed by atoms with Crippen LogP contribution in [-0.2, 0) is 0 Å². The molecule has 2 aromatic rings. The summed E-state index contributed by atoms with van der Waals surface area (Å²) in [7, 11) is 0. The van der Waals surface area contributed by atoms with Crippen LogP contribution < -0.4 is 11.0 Å². The van der Waals surface area contributed by atoms with Crippen molar-refractivity contribution in [1.82, 2.24) is 10.2 Å². The van der Waals surface area contributed by atoms with E-state index < -0.39 is 5.56 Å². The molecular formula is C9H7ClN4O2. The van der Waals surface area contributed by atoms with Gasteiger partial charge in [-0.2, -0.15) is 10.2 Å². The maximum atomic E-state index is 11.1. The minimum Gasteiger partial charge on any atom is -0.463 e. The van der Waals surface area contributed by atoms with Gasteiger partial charge in [0.05, 0.1) is 18.7 Å². The first-order chi connectivity index (χ1) is 7.77. The van der Waals surface area contributed by atoms with Gasteiger partial charge < -0.3 is 4.42 Å². The average molecular weight is 239 g/mol. The van der Waals surface area contributed by atoms with Crippen molar-refractivity contribution in [2.24, 2.45) is 5.10 Å². The topological polar surface area (TPSA) is 83.3 Å². The molecule has 16 heavy (non-hydrogen) atoms. The fraction of sp³-hybridized carbons (Fsp3) is 0. The van der Waals surface area contributed by atoms with E-state index in [-0.39, 0.29) is 5.02 Å². The number of aromatic nitrogens is 2. The molecule has 6 nitrogen and oxygen atoms in total. The number of hydrogen-bond donors (Lipinski definition) is 2. The summed E-state index contributed by atoms with van der Waals surface area (Å²) in [5.41, 5.74) is 2.44. The van der Waals surface area contributed by atoms with E-state index in [1.54, 1.807) is 12.1 Å². The highest BCUT2D eigenvalue weighted by Crippen LogP contribution is 2.13. The molecule has 0 spiro atoms. The zero-order chi connectivity index (χ0) is 11.4. The molecule has 2 heterocycles. The van der Waals surface area contributed by atoms with Gasteiger partial charge in [-0.1, -0.05) is 11.6 Å². The number of H-pyrrole nitrogens is 1. The lowest BCUT2D eigenvalue weighted by molar-refractivity contribution is 0.560. The molecule has 7 heteroatoms. The van der Waals surface area contributed by atoms with Crippen molar-refractivity contribution in [3.63, 3.8) is 0 Å². The van der Waals surface area contributed by atoms with Gasteiger partial charge in [0.2, 0.25) is 0 Å². The molecule has 2 rings (SSSR count). The molecule has 0 fully saturated rings. The summed E-state index contributed by atoms with van der Waals surface area (Å²) in [6.07, 6.45) is 4.35. The third-order valence-corrected chi connectivity index (χ3v) is 2.09. The molecule has 0 aromatic carbocycles.